The number of likely N-dealkylation sites (N-methyl/N-ethyl adjacent to an activating group) is 1. The SMILES string of the molecule is Cc1cccn2c(CC(C)N(C)C)ncc12. The Balaban J connectivity index is 2.36. The molecule has 2 rings (SSSR count). The molecule has 0 aliphatic heterocycles. The number of imidazole rings is 1. The van der Waals surface area contributed by atoms with Gasteiger partial charge in [0.1, 0.15) is 5.82 Å². The fourth-order valence-electron chi connectivity index (χ4n) is 1.81. The van der Waals surface area contributed by atoms with Crippen molar-refractivity contribution in [3.05, 3.63) is 35.9 Å². The zero-order valence-electron chi connectivity index (χ0n) is 10.4. The van der Waals surface area contributed by atoms with Crippen LogP contribution < -0.4 is 0 Å². The summed E-state index contributed by atoms with van der Waals surface area (Å²) in [6, 6.07) is 4.70. The minimum absolute atomic E-state index is 0.506. The van der Waals surface area contributed by atoms with Crippen molar-refractivity contribution in [3.63, 3.8) is 0 Å². The van der Waals surface area contributed by atoms with Crippen molar-refractivity contribution in [2.24, 2.45) is 0 Å². The second-order valence-electron chi connectivity index (χ2n) is 4.64. The molecule has 0 aliphatic carbocycles. The van der Waals surface area contributed by atoms with Gasteiger partial charge in [0.15, 0.2) is 0 Å². The summed E-state index contributed by atoms with van der Waals surface area (Å²) >= 11 is 0. The highest BCUT2D eigenvalue weighted by atomic mass is 15.1. The summed E-state index contributed by atoms with van der Waals surface area (Å²) in [6.45, 7) is 4.34. The molecule has 0 saturated heterocycles. The van der Waals surface area contributed by atoms with Crippen LogP contribution >= 0.6 is 0 Å². The van der Waals surface area contributed by atoms with E-state index >= 15 is 0 Å². The number of aromatic nitrogens is 2. The van der Waals surface area contributed by atoms with Crippen LogP contribution in [-0.2, 0) is 6.42 Å². The highest BCUT2D eigenvalue weighted by Gasteiger charge is 2.10. The molecule has 1 atom stereocenters. The predicted octanol–water partition coefficient (Wildman–Crippen LogP) is 2.14. The molecule has 1 unspecified atom stereocenters. The van der Waals surface area contributed by atoms with Crippen LogP contribution in [0.3, 0.4) is 0 Å². The van der Waals surface area contributed by atoms with Gasteiger partial charge in [0.05, 0.1) is 11.7 Å². The third kappa shape index (κ3) is 1.95. The Morgan fingerprint density at radius 2 is 2.19 bits per heavy atom. The standard InChI is InChI=1S/C13H19N3/c1-10-6-5-7-16-12(10)9-14-13(16)8-11(2)15(3)4/h5-7,9,11H,8H2,1-4H3. The molecule has 2 aromatic rings. The number of aryl methyl sites for hydroxylation is 1. The maximum atomic E-state index is 4.51. The van der Waals surface area contributed by atoms with E-state index in [2.05, 4.69) is 60.6 Å². The first-order chi connectivity index (χ1) is 7.59. The van der Waals surface area contributed by atoms with E-state index in [9.17, 15) is 0 Å². The Morgan fingerprint density at radius 1 is 1.44 bits per heavy atom. The zero-order chi connectivity index (χ0) is 11.7. The van der Waals surface area contributed by atoms with E-state index in [0.717, 1.165) is 12.2 Å². The fourth-order valence-corrected chi connectivity index (χ4v) is 1.81. The van der Waals surface area contributed by atoms with Crippen molar-refractivity contribution in [3.8, 4) is 0 Å². The summed E-state index contributed by atoms with van der Waals surface area (Å²) in [5, 5.41) is 0. The van der Waals surface area contributed by atoms with Gasteiger partial charge in [-0.15, -0.1) is 0 Å². The van der Waals surface area contributed by atoms with E-state index in [1.165, 1.54) is 11.1 Å². The number of hydrogen-bond donors (Lipinski definition) is 0. The molecular weight excluding hydrogens is 198 g/mol. The van der Waals surface area contributed by atoms with Gasteiger partial charge in [-0.25, -0.2) is 4.98 Å². The van der Waals surface area contributed by atoms with Crippen molar-refractivity contribution in [2.45, 2.75) is 26.3 Å². The molecule has 0 fully saturated rings. The molecule has 0 bridgehead atoms. The van der Waals surface area contributed by atoms with Gasteiger partial charge in [0.2, 0.25) is 0 Å². The molecule has 16 heavy (non-hydrogen) atoms. The van der Waals surface area contributed by atoms with Crippen LogP contribution in [0.25, 0.3) is 5.52 Å². The highest BCUT2D eigenvalue weighted by Crippen LogP contribution is 2.13. The minimum atomic E-state index is 0.506. The van der Waals surface area contributed by atoms with Gasteiger partial charge in [0.25, 0.3) is 0 Å². The van der Waals surface area contributed by atoms with E-state index in [0.29, 0.717) is 6.04 Å². The first-order valence-electron chi connectivity index (χ1n) is 5.67. The number of nitrogens with zero attached hydrogens (tertiary/aromatic N) is 3. The maximum Gasteiger partial charge on any atom is 0.114 e. The first kappa shape index (κ1) is 11.1. The summed E-state index contributed by atoms with van der Waals surface area (Å²) in [6.07, 6.45) is 5.03. The van der Waals surface area contributed by atoms with Crippen molar-refractivity contribution in [1.82, 2.24) is 14.3 Å². The summed E-state index contributed by atoms with van der Waals surface area (Å²) in [5.74, 6) is 1.14. The van der Waals surface area contributed by atoms with Crippen LogP contribution in [0.2, 0.25) is 0 Å². The fraction of sp³-hybridized carbons (Fsp3) is 0.462. The van der Waals surface area contributed by atoms with Crippen LogP contribution in [-0.4, -0.2) is 34.4 Å². The normalized spacial score (nSPS) is 13.6. The largest absolute Gasteiger partial charge is 0.306 e. The Labute approximate surface area is 96.7 Å². The predicted molar refractivity (Wildman–Crippen MR) is 66.8 cm³/mol. The summed E-state index contributed by atoms with van der Waals surface area (Å²) in [5.41, 5.74) is 2.49. The van der Waals surface area contributed by atoms with Crippen LogP contribution in [0.15, 0.2) is 24.5 Å². The van der Waals surface area contributed by atoms with Crippen molar-refractivity contribution < 1.29 is 0 Å². The zero-order valence-corrected chi connectivity index (χ0v) is 10.4. The molecule has 2 aromatic heterocycles. The summed E-state index contributed by atoms with van der Waals surface area (Å²) in [7, 11) is 4.21. The van der Waals surface area contributed by atoms with Crippen LogP contribution in [0.4, 0.5) is 0 Å². The topological polar surface area (TPSA) is 20.5 Å². The van der Waals surface area contributed by atoms with Crippen molar-refractivity contribution in [1.29, 1.82) is 0 Å². The summed E-state index contributed by atoms with van der Waals surface area (Å²) < 4.78 is 2.19. The van der Waals surface area contributed by atoms with Gasteiger partial charge < -0.3 is 9.30 Å². The third-order valence-corrected chi connectivity index (χ3v) is 3.22. The van der Waals surface area contributed by atoms with Gasteiger partial charge in [-0.3, -0.25) is 0 Å². The van der Waals surface area contributed by atoms with Gasteiger partial charge >= 0.3 is 0 Å². The van der Waals surface area contributed by atoms with Crippen molar-refractivity contribution in [2.75, 3.05) is 14.1 Å². The maximum absolute atomic E-state index is 4.51. The molecule has 0 spiro atoms. The Bertz CT molecular complexity index is 485. The smallest absolute Gasteiger partial charge is 0.114 e. The minimum Gasteiger partial charge on any atom is -0.306 e. The molecule has 0 radical (unpaired) electrons. The third-order valence-electron chi connectivity index (χ3n) is 3.22. The van der Waals surface area contributed by atoms with E-state index in [4.69, 9.17) is 0 Å². The molecule has 3 heteroatoms. The number of rotatable bonds is 3. The average Bonchev–Trinajstić information content (AvgIpc) is 2.63. The summed E-state index contributed by atoms with van der Waals surface area (Å²) in [4.78, 5) is 6.73. The Kier molecular flexibility index (Phi) is 2.97. The van der Waals surface area contributed by atoms with E-state index in [-0.39, 0.29) is 0 Å². The number of hydrogen-bond acceptors (Lipinski definition) is 2. The monoisotopic (exact) mass is 217 g/mol. The molecule has 0 saturated carbocycles. The molecule has 3 nitrogen and oxygen atoms in total. The highest BCUT2D eigenvalue weighted by molar-refractivity contribution is 5.53. The van der Waals surface area contributed by atoms with Crippen molar-refractivity contribution >= 4 is 5.52 Å². The van der Waals surface area contributed by atoms with Crippen LogP contribution in [0.5, 0.6) is 0 Å². The molecule has 0 aliphatic rings. The lowest BCUT2D eigenvalue weighted by atomic mass is 10.2. The average molecular weight is 217 g/mol. The van der Waals surface area contributed by atoms with Gasteiger partial charge in [-0.1, -0.05) is 6.07 Å². The molecular formula is C13H19N3. The van der Waals surface area contributed by atoms with E-state index in [1.54, 1.807) is 0 Å². The molecule has 2 heterocycles. The molecule has 86 valence electrons. The first-order valence-corrected chi connectivity index (χ1v) is 5.67. The lowest BCUT2D eigenvalue weighted by Gasteiger charge is -2.18. The van der Waals surface area contributed by atoms with Gasteiger partial charge in [-0.2, -0.15) is 0 Å². The number of fused-ring (bicyclic) bond motifs is 1. The van der Waals surface area contributed by atoms with E-state index in [1.807, 2.05) is 6.20 Å². The Hall–Kier alpha value is -1.35. The molecule has 0 aromatic carbocycles. The van der Waals surface area contributed by atoms with Gasteiger partial charge in [0, 0.05) is 18.7 Å². The van der Waals surface area contributed by atoms with Crippen LogP contribution in [0, 0.1) is 6.92 Å². The Morgan fingerprint density at radius 3 is 2.88 bits per heavy atom. The van der Waals surface area contributed by atoms with E-state index < -0.39 is 0 Å². The lowest BCUT2D eigenvalue weighted by molar-refractivity contribution is 0.308. The lowest BCUT2D eigenvalue weighted by Crippen LogP contribution is -2.27. The van der Waals surface area contributed by atoms with Gasteiger partial charge in [-0.05, 0) is 39.6 Å². The second-order valence-corrected chi connectivity index (χ2v) is 4.64. The number of pyridine rings is 1. The quantitative estimate of drug-likeness (QED) is 0.785. The molecule has 0 N–H and O–H groups in total. The molecule has 0 amide bonds. The second kappa shape index (κ2) is 4.26. The van der Waals surface area contributed by atoms with Crippen LogP contribution in [0.1, 0.15) is 18.3 Å².